The lowest BCUT2D eigenvalue weighted by molar-refractivity contribution is 0.310. The summed E-state index contributed by atoms with van der Waals surface area (Å²) >= 11 is 0. The molecule has 0 radical (unpaired) electrons. The lowest BCUT2D eigenvalue weighted by Gasteiger charge is -2.12. The highest BCUT2D eigenvalue weighted by molar-refractivity contribution is 5.40. The molecule has 1 aromatic rings. The SMILES string of the molecule is CCCOc1cc(OC)ccc1CNCC. The van der Waals surface area contributed by atoms with Crippen LogP contribution in [0, 0.1) is 0 Å². The van der Waals surface area contributed by atoms with Gasteiger partial charge in [-0.05, 0) is 19.0 Å². The van der Waals surface area contributed by atoms with Gasteiger partial charge in [0, 0.05) is 18.2 Å². The molecule has 16 heavy (non-hydrogen) atoms. The van der Waals surface area contributed by atoms with E-state index in [-0.39, 0.29) is 0 Å². The predicted molar refractivity (Wildman–Crippen MR) is 66.2 cm³/mol. The lowest BCUT2D eigenvalue weighted by Crippen LogP contribution is -2.13. The Balaban J connectivity index is 2.78. The molecular formula is C13H21NO2. The van der Waals surface area contributed by atoms with Crippen molar-refractivity contribution < 1.29 is 9.47 Å². The van der Waals surface area contributed by atoms with Gasteiger partial charge < -0.3 is 14.8 Å². The Morgan fingerprint density at radius 3 is 2.69 bits per heavy atom. The molecule has 3 nitrogen and oxygen atoms in total. The van der Waals surface area contributed by atoms with E-state index >= 15 is 0 Å². The zero-order chi connectivity index (χ0) is 11.8. The highest BCUT2D eigenvalue weighted by Gasteiger charge is 2.05. The number of rotatable bonds is 7. The van der Waals surface area contributed by atoms with Crippen LogP contribution in [0.4, 0.5) is 0 Å². The van der Waals surface area contributed by atoms with E-state index in [1.807, 2.05) is 18.2 Å². The molecule has 0 aliphatic carbocycles. The molecule has 0 unspecified atom stereocenters. The molecule has 0 amide bonds. The normalized spacial score (nSPS) is 10.2. The van der Waals surface area contributed by atoms with Crippen LogP contribution in [0.25, 0.3) is 0 Å². The van der Waals surface area contributed by atoms with Crippen molar-refractivity contribution in [1.82, 2.24) is 5.32 Å². The van der Waals surface area contributed by atoms with E-state index in [2.05, 4.69) is 19.2 Å². The number of hydrogen-bond donors (Lipinski definition) is 1. The molecule has 3 heteroatoms. The standard InChI is InChI=1S/C13H21NO2/c1-4-8-16-13-9-12(15-3)7-6-11(13)10-14-5-2/h6-7,9,14H,4-5,8,10H2,1-3H3. The topological polar surface area (TPSA) is 30.5 Å². The number of ether oxygens (including phenoxy) is 2. The van der Waals surface area contributed by atoms with Gasteiger partial charge in [-0.15, -0.1) is 0 Å². The van der Waals surface area contributed by atoms with Crippen LogP contribution in [0.1, 0.15) is 25.8 Å². The Morgan fingerprint density at radius 1 is 1.25 bits per heavy atom. The summed E-state index contributed by atoms with van der Waals surface area (Å²) in [4.78, 5) is 0. The maximum atomic E-state index is 5.71. The van der Waals surface area contributed by atoms with Gasteiger partial charge in [0.05, 0.1) is 13.7 Å². The summed E-state index contributed by atoms with van der Waals surface area (Å²) in [5.41, 5.74) is 1.18. The van der Waals surface area contributed by atoms with E-state index in [9.17, 15) is 0 Å². The average Bonchev–Trinajstić information content (AvgIpc) is 2.34. The second-order valence-corrected chi connectivity index (χ2v) is 3.60. The summed E-state index contributed by atoms with van der Waals surface area (Å²) in [6, 6.07) is 5.96. The molecule has 1 N–H and O–H groups in total. The summed E-state index contributed by atoms with van der Waals surface area (Å²) in [5, 5.41) is 3.30. The van der Waals surface area contributed by atoms with Crippen LogP contribution in [0.15, 0.2) is 18.2 Å². The van der Waals surface area contributed by atoms with E-state index in [4.69, 9.17) is 9.47 Å². The van der Waals surface area contributed by atoms with Crippen molar-refractivity contribution in [2.45, 2.75) is 26.8 Å². The van der Waals surface area contributed by atoms with E-state index < -0.39 is 0 Å². The molecule has 0 bridgehead atoms. The molecule has 0 aliphatic rings. The Hall–Kier alpha value is -1.22. The first-order valence-corrected chi connectivity index (χ1v) is 5.82. The van der Waals surface area contributed by atoms with Gasteiger partial charge in [0.25, 0.3) is 0 Å². The van der Waals surface area contributed by atoms with Crippen LogP contribution in [-0.4, -0.2) is 20.3 Å². The first-order chi connectivity index (χ1) is 7.81. The maximum Gasteiger partial charge on any atom is 0.127 e. The molecule has 90 valence electrons. The van der Waals surface area contributed by atoms with Gasteiger partial charge in [-0.2, -0.15) is 0 Å². The van der Waals surface area contributed by atoms with Crippen molar-refractivity contribution in [3.8, 4) is 11.5 Å². The Bertz CT molecular complexity index is 313. The van der Waals surface area contributed by atoms with Crippen LogP contribution in [0.2, 0.25) is 0 Å². The fraction of sp³-hybridized carbons (Fsp3) is 0.538. The van der Waals surface area contributed by atoms with E-state index in [0.29, 0.717) is 0 Å². The van der Waals surface area contributed by atoms with E-state index in [1.165, 1.54) is 5.56 Å². The number of hydrogen-bond acceptors (Lipinski definition) is 3. The number of benzene rings is 1. The van der Waals surface area contributed by atoms with Crippen LogP contribution < -0.4 is 14.8 Å². The third-order valence-corrected chi connectivity index (χ3v) is 2.30. The Labute approximate surface area is 97.8 Å². The predicted octanol–water partition coefficient (Wildman–Crippen LogP) is 2.59. The van der Waals surface area contributed by atoms with Gasteiger partial charge in [0.1, 0.15) is 11.5 Å². The minimum absolute atomic E-state index is 0.742. The number of methoxy groups -OCH3 is 1. The van der Waals surface area contributed by atoms with Crippen LogP contribution in [0.3, 0.4) is 0 Å². The first-order valence-electron chi connectivity index (χ1n) is 5.82. The summed E-state index contributed by atoms with van der Waals surface area (Å²) in [6.07, 6.45) is 1.01. The molecule has 1 aromatic carbocycles. The smallest absolute Gasteiger partial charge is 0.127 e. The molecule has 0 spiro atoms. The third-order valence-electron chi connectivity index (χ3n) is 2.30. The Kier molecular flexibility index (Phi) is 5.72. The van der Waals surface area contributed by atoms with Crippen molar-refractivity contribution in [1.29, 1.82) is 0 Å². The zero-order valence-electron chi connectivity index (χ0n) is 10.4. The summed E-state index contributed by atoms with van der Waals surface area (Å²) in [6.45, 7) is 6.73. The molecule has 0 heterocycles. The Morgan fingerprint density at radius 2 is 2.06 bits per heavy atom. The third kappa shape index (κ3) is 3.74. The molecule has 0 saturated heterocycles. The minimum atomic E-state index is 0.742. The van der Waals surface area contributed by atoms with Crippen LogP contribution in [-0.2, 0) is 6.54 Å². The van der Waals surface area contributed by atoms with Crippen LogP contribution in [0.5, 0.6) is 11.5 Å². The minimum Gasteiger partial charge on any atom is -0.497 e. The van der Waals surface area contributed by atoms with E-state index in [1.54, 1.807) is 7.11 Å². The van der Waals surface area contributed by atoms with Crippen molar-refractivity contribution in [2.75, 3.05) is 20.3 Å². The zero-order valence-corrected chi connectivity index (χ0v) is 10.4. The van der Waals surface area contributed by atoms with Crippen molar-refractivity contribution >= 4 is 0 Å². The quantitative estimate of drug-likeness (QED) is 0.770. The monoisotopic (exact) mass is 223 g/mol. The fourth-order valence-electron chi connectivity index (χ4n) is 1.41. The summed E-state index contributed by atoms with van der Waals surface area (Å²) in [7, 11) is 1.67. The van der Waals surface area contributed by atoms with Crippen molar-refractivity contribution in [2.24, 2.45) is 0 Å². The molecule has 1 rings (SSSR count). The molecule has 0 fully saturated rings. The highest BCUT2D eigenvalue weighted by Crippen LogP contribution is 2.24. The second kappa shape index (κ2) is 7.12. The average molecular weight is 223 g/mol. The fourth-order valence-corrected chi connectivity index (χ4v) is 1.41. The van der Waals surface area contributed by atoms with Crippen LogP contribution >= 0.6 is 0 Å². The van der Waals surface area contributed by atoms with Gasteiger partial charge in [0.15, 0.2) is 0 Å². The molecule has 0 aliphatic heterocycles. The number of nitrogens with one attached hydrogen (secondary N) is 1. The molecule has 0 atom stereocenters. The van der Waals surface area contributed by atoms with Crippen molar-refractivity contribution in [3.63, 3.8) is 0 Å². The largest absolute Gasteiger partial charge is 0.497 e. The van der Waals surface area contributed by atoms with Crippen molar-refractivity contribution in [3.05, 3.63) is 23.8 Å². The highest BCUT2D eigenvalue weighted by atomic mass is 16.5. The summed E-state index contributed by atoms with van der Waals surface area (Å²) < 4.78 is 10.9. The van der Waals surface area contributed by atoms with E-state index in [0.717, 1.165) is 37.6 Å². The van der Waals surface area contributed by atoms with Gasteiger partial charge >= 0.3 is 0 Å². The molecule has 0 saturated carbocycles. The molecule has 0 aromatic heterocycles. The second-order valence-electron chi connectivity index (χ2n) is 3.60. The maximum absolute atomic E-state index is 5.71. The summed E-state index contributed by atoms with van der Waals surface area (Å²) in [5.74, 6) is 1.76. The molecular weight excluding hydrogens is 202 g/mol. The van der Waals surface area contributed by atoms with Gasteiger partial charge in [-0.25, -0.2) is 0 Å². The first kappa shape index (κ1) is 12.8. The lowest BCUT2D eigenvalue weighted by atomic mass is 10.2. The van der Waals surface area contributed by atoms with Gasteiger partial charge in [0.2, 0.25) is 0 Å². The van der Waals surface area contributed by atoms with Gasteiger partial charge in [-0.3, -0.25) is 0 Å². The van der Waals surface area contributed by atoms with Gasteiger partial charge in [-0.1, -0.05) is 19.9 Å².